The van der Waals surface area contributed by atoms with Crippen LogP contribution < -0.4 is 0 Å². The third-order valence-electron chi connectivity index (χ3n) is 2.58. The Morgan fingerprint density at radius 3 is 2.53 bits per heavy atom. The lowest BCUT2D eigenvalue weighted by Crippen LogP contribution is -1.72. The molecule has 92 valence electrons. The molecule has 19 heavy (non-hydrogen) atoms. The van der Waals surface area contributed by atoms with Crippen molar-refractivity contribution in [2.75, 3.05) is 0 Å². The third kappa shape index (κ3) is 2.69. The maximum atomic E-state index is 9.24. The number of rotatable bonds is 3. The topological polar surface area (TPSA) is 23.8 Å². The summed E-state index contributed by atoms with van der Waals surface area (Å²) in [5.74, 6) is 0. The Bertz CT molecular complexity index is 725. The van der Waals surface area contributed by atoms with Gasteiger partial charge >= 0.3 is 0 Å². The minimum atomic E-state index is 0.731. The summed E-state index contributed by atoms with van der Waals surface area (Å²) >= 11 is 5.05. The Morgan fingerprint density at radius 2 is 1.84 bits per heavy atom. The van der Waals surface area contributed by atoms with Crippen molar-refractivity contribution in [2.24, 2.45) is 0 Å². The van der Waals surface area contributed by atoms with Gasteiger partial charge in [-0.25, -0.2) is 0 Å². The van der Waals surface area contributed by atoms with E-state index in [2.05, 4.69) is 35.7 Å². The quantitative estimate of drug-likeness (QED) is 0.577. The smallest absolute Gasteiger partial charge is 0.101 e. The monoisotopic (exact) mass is 299 g/mol. The molecule has 0 spiro atoms. The Hall–Kier alpha value is -1.67. The standard InChI is InChI=1S/C15H9NS3/c16-10-11(13-3-1-7-17-13)9-12-5-6-15(19-12)14-4-2-8-18-14/h1-9H/b11-9+. The van der Waals surface area contributed by atoms with Crippen LogP contribution in [0, 0.1) is 11.3 Å². The fourth-order valence-electron chi connectivity index (χ4n) is 1.71. The highest BCUT2D eigenvalue weighted by atomic mass is 32.1. The van der Waals surface area contributed by atoms with Crippen LogP contribution in [-0.2, 0) is 0 Å². The second-order valence-corrected chi connectivity index (χ2v) is 6.84. The van der Waals surface area contributed by atoms with Gasteiger partial charge in [0.05, 0.1) is 5.57 Å². The number of hydrogen-bond acceptors (Lipinski definition) is 4. The zero-order valence-corrected chi connectivity index (χ0v) is 12.3. The Morgan fingerprint density at radius 1 is 1.00 bits per heavy atom. The minimum absolute atomic E-state index is 0.731. The molecule has 0 unspecified atom stereocenters. The van der Waals surface area contributed by atoms with Crippen molar-refractivity contribution >= 4 is 45.7 Å². The number of allylic oxidation sites excluding steroid dienone is 1. The average molecular weight is 299 g/mol. The predicted molar refractivity (Wildman–Crippen MR) is 85.4 cm³/mol. The normalized spacial score (nSPS) is 11.4. The van der Waals surface area contributed by atoms with Gasteiger partial charge in [-0.2, -0.15) is 5.26 Å². The van der Waals surface area contributed by atoms with Crippen molar-refractivity contribution < 1.29 is 0 Å². The lowest BCUT2D eigenvalue weighted by atomic mass is 10.2. The van der Waals surface area contributed by atoms with E-state index in [4.69, 9.17) is 0 Å². The SMILES string of the molecule is N#C/C(=C\c1ccc(-c2cccs2)s1)c1cccs1. The lowest BCUT2D eigenvalue weighted by Gasteiger charge is -1.92. The Labute approximate surface area is 123 Å². The van der Waals surface area contributed by atoms with E-state index < -0.39 is 0 Å². The molecule has 3 rings (SSSR count). The molecule has 0 aliphatic heterocycles. The first kappa shape index (κ1) is 12.4. The van der Waals surface area contributed by atoms with Crippen LogP contribution in [0.1, 0.15) is 9.75 Å². The molecule has 0 N–H and O–H groups in total. The molecule has 1 nitrogen and oxygen atoms in total. The van der Waals surface area contributed by atoms with Gasteiger partial charge in [-0.15, -0.1) is 34.0 Å². The van der Waals surface area contributed by atoms with E-state index in [9.17, 15) is 5.26 Å². The molecular weight excluding hydrogens is 290 g/mol. The zero-order chi connectivity index (χ0) is 13.1. The van der Waals surface area contributed by atoms with Gasteiger partial charge in [0, 0.05) is 19.5 Å². The molecule has 0 bridgehead atoms. The summed E-state index contributed by atoms with van der Waals surface area (Å²) in [6.45, 7) is 0. The maximum Gasteiger partial charge on any atom is 0.101 e. The molecule has 0 amide bonds. The highest BCUT2D eigenvalue weighted by molar-refractivity contribution is 7.21. The van der Waals surface area contributed by atoms with E-state index in [1.54, 1.807) is 34.0 Å². The zero-order valence-electron chi connectivity index (χ0n) is 9.87. The van der Waals surface area contributed by atoms with Gasteiger partial charge in [0.2, 0.25) is 0 Å². The summed E-state index contributed by atoms with van der Waals surface area (Å²) in [4.78, 5) is 4.67. The van der Waals surface area contributed by atoms with E-state index in [1.165, 1.54) is 9.75 Å². The summed E-state index contributed by atoms with van der Waals surface area (Å²) in [7, 11) is 0. The van der Waals surface area contributed by atoms with Crippen molar-refractivity contribution in [1.29, 1.82) is 5.26 Å². The molecule has 3 aromatic heterocycles. The Balaban J connectivity index is 1.93. The second-order valence-electron chi connectivity index (χ2n) is 3.83. The fourth-order valence-corrected chi connectivity index (χ4v) is 4.19. The van der Waals surface area contributed by atoms with E-state index >= 15 is 0 Å². The highest BCUT2D eigenvalue weighted by Crippen LogP contribution is 2.33. The predicted octanol–water partition coefficient (Wildman–Crippen LogP) is 5.60. The third-order valence-corrected chi connectivity index (χ3v) is 5.59. The van der Waals surface area contributed by atoms with Crippen LogP contribution in [0.4, 0.5) is 0 Å². The minimum Gasteiger partial charge on any atom is -0.192 e. The van der Waals surface area contributed by atoms with Crippen molar-refractivity contribution in [3.8, 4) is 15.8 Å². The summed E-state index contributed by atoms with van der Waals surface area (Å²) in [6, 6.07) is 14.6. The van der Waals surface area contributed by atoms with E-state index in [0.717, 1.165) is 15.3 Å². The Kier molecular flexibility index (Phi) is 3.60. The molecule has 0 radical (unpaired) electrons. The van der Waals surface area contributed by atoms with Crippen molar-refractivity contribution in [1.82, 2.24) is 0 Å². The summed E-state index contributed by atoms with van der Waals surface area (Å²) in [6.07, 6.45) is 1.97. The highest BCUT2D eigenvalue weighted by Gasteiger charge is 2.05. The van der Waals surface area contributed by atoms with Crippen molar-refractivity contribution in [3.63, 3.8) is 0 Å². The van der Waals surface area contributed by atoms with Gasteiger partial charge in [-0.05, 0) is 41.1 Å². The van der Waals surface area contributed by atoms with Crippen LogP contribution in [0.2, 0.25) is 0 Å². The van der Waals surface area contributed by atoms with Crippen LogP contribution in [-0.4, -0.2) is 0 Å². The first-order chi connectivity index (χ1) is 9.36. The molecule has 0 saturated heterocycles. The van der Waals surface area contributed by atoms with Crippen LogP contribution in [0.25, 0.3) is 21.4 Å². The molecule has 0 aliphatic carbocycles. The number of nitriles is 1. The van der Waals surface area contributed by atoms with Gasteiger partial charge in [0.15, 0.2) is 0 Å². The molecule has 0 aromatic carbocycles. The summed E-state index contributed by atoms with van der Waals surface area (Å²) in [5, 5.41) is 13.3. The van der Waals surface area contributed by atoms with Crippen LogP contribution in [0.15, 0.2) is 47.2 Å². The molecule has 0 aliphatic rings. The van der Waals surface area contributed by atoms with E-state index in [-0.39, 0.29) is 0 Å². The molecule has 0 atom stereocenters. The fraction of sp³-hybridized carbons (Fsp3) is 0. The molecule has 3 heterocycles. The first-order valence-electron chi connectivity index (χ1n) is 5.66. The number of nitrogens with zero attached hydrogens (tertiary/aromatic N) is 1. The summed E-state index contributed by atoms with van der Waals surface area (Å²) in [5.41, 5.74) is 0.731. The maximum absolute atomic E-state index is 9.24. The molecule has 3 aromatic rings. The average Bonchev–Trinajstić information content (AvgIpc) is 3.15. The second kappa shape index (κ2) is 5.54. The molecule has 4 heteroatoms. The largest absolute Gasteiger partial charge is 0.192 e. The number of hydrogen-bond donors (Lipinski definition) is 0. The summed E-state index contributed by atoms with van der Waals surface area (Å²) < 4.78 is 0. The van der Waals surface area contributed by atoms with Crippen molar-refractivity contribution in [2.45, 2.75) is 0 Å². The van der Waals surface area contributed by atoms with Gasteiger partial charge in [-0.3, -0.25) is 0 Å². The van der Waals surface area contributed by atoms with Gasteiger partial charge < -0.3 is 0 Å². The van der Waals surface area contributed by atoms with Gasteiger partial charge in [0.25, 0.3) is 0 Å². The van der Waals surface area contributed by atoms with Gasteiger partial charge in [-0.1, -0.05) is 12.1 Å². The van der Waals surface area contributed by atoms with Gasteiger partial charge in [0.1, 0.15) is 6.07 Å². The van der Waals surface area contributed by atoms with E-state index in [0.29, 0.717) is 0 Å². The molecular formula is C15H9NS3. The van der Waals surface area contributed by atoms with Crippen LogP contribution >= 0.6 is 34.0 Å². The van der Waals surface area contributed by atoms with E-state index in [1.807, 2.05) is 23.6 Å². The molecule has 0 saturated carbocycles. The van der Waals surface area contributed by atoms with Crippen LogP contribution in [0.5, 0.6) is 0 Å². The first-order valence-corrected chi connectivity index (χ1v) is 8.24. The van der Waals surface area contributed by atoms with Crippen molar-refractivity contribution in [3.05, 3.63) is 56.9 Å². The lowest BCUT2D eigenvalue weighted by molar-refractivity contribution is 1.54. The van der Waals surface area contributed by atoms with Crippen LogP contribution in [0.3, 0.4) is 0 Å². The number of thiophene rings is 3. The molecule has 0 fully saturated rings.